The van der Waals surface area contributed by atoms with Crippen LogP contribution < -0.4 is 10.1 Å². The Morgan fingerprint density at radius 2 is 1.92 bits per heavy atom. The average Bonchev–Trinajstić information content (AvgIpc) is 2.45. The van der Waals surface area contributed by atoms with Gasteiger partial charge in [-0.25, -0.2) is 13.2 Å². The Hall–Kier alpha value is -1.97. The number of carbonyl (C=O) groups is 1. The lowest BCUT2D eigenvalue weighted by Gasteiger charge is -2.31. The summed E-state index contributed by atoms with van der Waals surface area (Å²) in [4.78, 5) is 13.5. The molecule has 2 amide bonds. The molecule has 0 aromatic heterocycles. The first-order valence-electron chi connectivity index (χ1n) is 7.16. The predicted octanol–water partition coefficient (Wildman–Crippen LogP) is 2.63. The Bertz CT molecular complexity index is 692. The zero-order valence-electron chi connectivity index (χ0n) is 12.8. The first kappa shape index (κ1) is 18.4. The van der Waals surface area contributed by atoms with Crippen molar-refractivity contribution in [1.82, 2.24) is 4.90 Å². The summed E-state index contributed by atoms with van der Waals surface area (Å²) in [6.07, 6.45) is -4.14. The second-order valence-electron chi connectivity index (χ2n) is 5.50. The molecule has 1 aliphatic heterocycles. The van der Waals surface area contributed by atoms with Crippen molar-refractivity contribution in [3.63, 3.8) is 0 Å². The Morgan fingerprint density at radius 1 is 1.29 bits per heavy atom. The van der Waals surface area contributed by atoms with E-state index in [0.717, 1.165) is 12.1 Å². The van der Waals surface area contributed by atoms with E-state index < -0.39 is 28.0 Å². The number of nitrogens with one attached hydrogen (secondary N) is 1. The molecule has 0 radical (unpaired) electrons. The van der Waals surface area contributed by atoms with Gasteiger partial charge in [-0.2, -0.15) is 0 Å². The second kappa shape index (κ2) is 6.88. The van der Waals surface area contributed by atoms with E-state index in [1.807, 2.05) is 0 Å². The molecule has 0 spiro atoms. The van der Waals surface area contributed by atoms with E-state index in [9.17, 15) is 26.4 Å². The van der Waals surface area contributed by atoms with Gasteiger partial charge in [0.05, 0.1) is 11.5 Å². The number of ether oxygens (including phenoxy) is 1. The fourth-order valence-electron chi connectivity index (χ4n) is 2.41. The van der Waals surface area contributed by atoms with Crippen LogP contribution in [0, 0.1) is 0 Å². The van der Waals surface area contributed by atoms with Crippen LogP contribution in [-0.2, 0) is 9.84 Å². The second-order valence-corrected chi connectivity index (χ2v) is 7.80. The zero-order valence-corrected chi connectivity index (χ0v) is 13.7. The van der Waals surface area contributed by atoms with Gasteiger partial charge < -0.3 is 15.0 Å². The van der Waals surface area contributed by atoms with Crippen LogP contribution in [0.15, 0.2) is 24.3 Å². The Morgan fingerprint density at radius 3 is 2.50 bits per heavy atom. The van der Waals surface area contributed by atoms with E-state index >= 15 is 0 Å². The highest BCUT2D eigenvalue weighted by Crippen LogP contribution is 2.25. The minimum Gasteiger partial charge on any atom is -0.406 e. The fraction of sp³-hybridized carbons (Fsp3) is 0.500. The molecule has 1 heterocycles. The molecule has 1 aliphatic rings. The van der Waals surface area contributed by atoms with Crippen LogP contribution in [0.4, 0.5) is 23.7 Å². The topological polar surface area (TPSA) is 75.7 Å². The third-order valence-corrected chi connectivity index (χ3v) is 5.43. The number of sulfone groups is 1. The van der Waals surface area contributed by atoms with Gasteiger partial charge >= 0.3 is 12.4 Å². The number of hydrogen-bond acceptors (Lipinski definition) is 4. The number of benzene rings is 1. The predicted molar refractivity (Wildman–Crippen MR) is 81.6 cm³/mol. The van der Waals surface area contributed by atoms with Gasteiger partial charge in [0, 0.05) is 24.8 Å². The number of rotatable bonds is 3. The van der Waals surface area contributed by atoms with Crippen molar-refractivity contribution in [2.45, 2.75) is 25.2 Å². The maximum atomic E-state index is 12.2. The van der Waals surface area contributed by atoms with Crippen LogP contribution in [0.2, 0.25) is 0 Å². The van der Waals surface area contributed by atoms with E-state index in [-0.39, 0.29) is 23.2 Å². The number of anilines is 1. The van der Waals surface area contributed by atoms with Crippen LogP contribution in [0.3, 0.4) is 0 Å². The van der Waals surface area contributed by atoms with Crippen molar-refractivity contribution in [2.24, 2.45) is 0 Å². The highest BCUT2D eigenvalue weighted by molar-refractivity contribution is 7.91. The van der Waals surface area contributed by atoms with Crippen molar-refractivity contribution >= 4 is 21.6 Å². The van der Waals surface area contributed by atoms with E-state index in [2.05, 4.69) is 10.1 Å². The summed E-state index contributed by atoms with van der Waals surface area (Å²) in [7, 11) is -1.52. The average molecular weight is 366 g/mol. The lowest BCUT2D eigenvalue weighted by Crippen LogP contribution is -2.44. The molecule has 1 saturated heterocycles. The van der Waals surface area contributed by atoms with E-state index in [1.165, 1.54) is 24.1 Å². The van der Waals surface area contributed by atoms with E-state index in [4.69, 9.17) is 0 Å². The number of amides is 2. The van der Waals surface area contributed by atoms with Gasteiger partial charge in [-0.3, -0.25) is 0 Å². The maximum absolute atomic E-state index is 12.2. The molecule has 0 saturated carbocycles. The van der Waals surface area contributed by atoms with Crippen molar-refractivity contribution in [3.8, 4) is 5.75 Å². The third-order valence-electron chi connectivity index (χ3n) is 3.71. The van der Waals surface area contributed by atoms with Gasteiger partial charge in [0.25, 0.3) is 0 Å². The van der Waals surface area contributed by atoms with Crippen molar-refractivity contribution < 1.29 is 31.1 Å². The first-order valence-corrected chi connectivity index (χ1v) is 8.98. The molecule has 2 rings (SSSR count). The minimum absolute atomic E-state index is 0.0181. The number of hydrogen-bond donors (Lipinski definition) is 1. The summed E-state index contributed by atoms with van der Waals surface area (Å²) in [5.74, 6) is -0.402. The number of alkyl halides is 3. The van der Waals surface area contributed by atoms with E-state index in [1.54, 1.807) is 0 Å². The lowest BCUT2D eigenvalue weighted by atomic mass is 10.1. The Labute approximate surface area is 137 Å². The quantitative estimate of drug-likeness (QED) is 0.892. The lowest BCUT2D eigenvalue weighted by molar-refractivity contribution is -0.274. The monoisotopic (exact) mass is 366 g/mol. The molecule has 1 N–H and O–H groups in total. The van der Waals surface area contributed by atoms with Crippen molar-refractivity contribution in [3.05, 3.63) is 24.3 Å². The molecule has 0 bridgehead atoms. The van der Waals surface area contributed by atoms with Crippen LogP contribution in [0.5, 0.6) is 5.75 Å². The summed E-state index contributed by atoms with van der Waals surface area (Å²) < 4.78 is 63.2. The molecular weight excluding hydrogens is 349 g/mol. The molecule has 1 fully saturated rings. The Kier molecular flexibility index (Phi) is 5.26. The molecule has 0 aliphatic carbocycles. The number of halogens is 3. The summed E-state index contributed by atoms with van der Waals surface area (Å²) in [6.45, 7) is 0. The first-order chi connectivity index (χ1) is 11.1. The standard InChI is InChI=1S/C14H17F3N2O4S/c1-19(11-5-7-24(21,22)8-6-11)13(20)18-10-3-2-4-12(9-10)23-14(15,16)17/h2-4,9,11H,5-8H2,1H3,(H,18,20). The fourth-order valence-corrected chi connectivity index (χ4v) is 3.88. The minimum atomic E-state index is -4.81. The normalized spacial score (nSPS) is 18.0. The van der Waals surface area contributed by atoms with Crippen LogP contribution >= 0.6 is 0 Å². The van der Waals surface area contributed by atoms with E-state index in [0.29, 0.717) is 12.8 Å². The van der Waals surface area contributed by atoms with Crippen LogP contribution in [0.1, 0.15) is 12.8 Å². The molecule has 134 valence electrons. The molecule has 24 heavy (non-hydrogen) atoms. The number of carbonyl (C=O) groups excluding carboxylic acids is 1. The van der Waals surface area contributed by atoms with Crippen molar-refractivity contribution in [2.75, 3.05) is 23.9 Å². The summed E-state index contributed by atoms with van der Waals surface area (Å²) in [5.41, 5.74) is 0.150. The molecule has 0 unspecified atom stereocenters. The summed E-state index contributed by atoms with van der Waals surface area (Å²) in [6, 6.07) is 4.18. The van der Waals surface area contributed by atoms with Crippen molar-refractivity contribution in [1.29, 1.82) is 0 Å². The smallest absolute Gasteiger partial charge is 0.406 e. The van der Waals surface area contributed by atoms with Gasteiger partial charge in [0.15, 0.2) is 0 Å². The Balaban J connectivity index is 1.98. The zero-order chi connectivity index (χ0) is 18.0. The highest BCUT2D eigenvalue weighted by atomic mass is 32.2. The third kappa shape index (κ3) is 5.29. The number of urea groups is 1. The maximum Gasteiger partial charge on any atom is 0.573 e. The van der Waals surface area contributed by atoms with Gasteiger partial charge in [-0.15, -0.1) is 13.2 Å². The highest BCUT2D eigenvalue weighted by Gasteiger charge is 2.31. The van der Waals surface area contributed by atoms with Crippen LogP contribution in [-0.4, -0.2) is 50.3 Å². The summed E-state index contributed by atoms with van der Waals surface area (Å²) in [5, 5.41) is 2.48. The largest absolute Gasteiger partial charge is 0.573 e. The number of nitrogens with zero attached hydrogens (tertiary/aromatic N) is 1. The summed E-state index contributed by atoms with van der Waals surface area (Å²) >= 11 is 0. The van der Waals surface area contributed by atoms with Gasteiger partial charge in [0.1, 0.15) is 15.6 Å². The molecule has 0 atom stereocenters. The molecule has 1 aromatic carbocycles. The molecular formula is C14H17F3N2O4S. The van der Waals surface area contributed by atoms with Gasteiger partial charge in [0.2, 0.25) is 0 Å². The van der Waals surface area contributed by atoms with Crippen LogP contribution in [0.25, 0.3) is 0 Å². The molecule has 1 aromatic rings. The van der Waals surface area contributed by atoms with Gasteiger partial charge in [-0.1, -0.05) is 6.07 Å². The van der Waals surface area contributed by atoms with Gasteiger partial charge in [-0.05, 0) is 25.0 Å². The molecule has 10 heteroatoms. The molecule has 6 nitrogen and oxygen atoms in total. The SMILES string of the molecule is CN(C(=O)Nc1cccc(OC(F)(F)F)c1)C1CCS(=O)(=O)CC1.